The van der Waals surface area contributed by atoms with E-state index < -0.39 is 59.4 Å². The fraction of sp³-hybridized carbons (Fsp3) is 0.486. The van der Waals surface area contributed by atoms with Crippen LogP contribution in [0, 0.1) is 0 Å². The fourth-order valence-electron chi connectivity index (χ4n) is 3.88. The molecule has 0 radical (unpaired) electrons. The van der Waals surface area contributed by atoms with Crippen LogP contribution in [0.15, 0.2) is 53.4 Å². The van der Waals surface area contributed by atoms with E-state index in [0.717, 1.165) is 11.3 Å². The van der Waals surface area contributed by atoms with Crippen molar-refractivity contribution in [2.45, 2.75) is 98.2 Å². The Morgan fingerprint density at radius 3 is 2.11 bits per heavy atom. The molecule has 18 heteroatoms. The first kappa shape index (κ1) is 41.9. The van der Waals surface area contributed by atoms with E-state index in [-0.39, 0.29) is 22.5 Å². The largest absolute Gasteiger partial charge is 0.487 e. The van der Waals surface area contributed by atoms with E-state index >= 15 is 0 Å². The average Bonchev–Trinajstić information content (AvgIpc) is 3.47. The maximum atomic E-state index is 13.0. The van der Waals surface area contributed by atoms with Gasteiger partial charge in [0.25, 0.3) is 6.10 Å². The number of anilines is 1. The standard InChI is InChI=1S/C35H46N6O11S/c1-33(2,3)49-29(44)25(52-40-27(28(42)43)24-21-53-30(38-24)39-32(46)51-35(7,8)9)20-47-23-11-12-26(37-19-23)48-22-13-17-41(18-14-22)16-10-15-36-31(45)50-34(4,5)6/h11-14,17-19,21,25H,10,15-16,20H2,1-9H3,(H2-,36,38,39,42,43,45,46)/p+1. The van der Waals surface area contributed by atoms with Crippen molar-refractivity contribution in [2.24, 2.45) is 5.16 Å². The quantitative estimate of drug-likeness (QED) is 0.0439. The van der Waals surface area contributed by atoms with E-state index in [0.29, 0.717) is 25.3 Å². The van der Waals surface area contributed by atoms with Gasteiger partial charge in [-0.2, -0.15) is 0 Å². The van der Waals surface area contributed by atoms with Gasteiger partial charge in [0.2, 0.25) is 11.6 Å². The molecule has 0 fully saturated rings. The lowest BCUT2D eigenvalue weighted by atomic mass is 10.2. The summed E-state index contributed by atoms with van der Waals surface area (Å²) >= 11 is 0.941. The Hall–Kier alpha value is -5.52. The Labute approximate surface area is 311 Å². The lowest BCUT2D eigenvalue weighted by molar-refractivity contribution is -0.697. The first-order valence-electron chi connectivity index (χ1n) is 16.5. The fourth-order valence-corrected chi connectivity index (χ4v) is 4.56. The Balaban J connectivity index is 1.59. The number of hydrogen-bond donors (Lipinski definition) is 3. The minimum atomic E-state index is -1.50. The second-order valence-electron chi connectivity index (χ2n) is 14.3. The van der Waals surface area contributed by atoms with Crippen LogP contribution in [0.3, 0.4) is 0 Å². The molecule has 0 saturated carbocycles. The highest BCUT2D eigenvalue weighted by Gasteiger charge is 2.30. The van der Waals surface area contributed by atoms with Crippen LogP contribution < -0.4 is 24.7 Å². The van der Waals surface area contributed by atoms with Crippen molar-refractivity contribution in [2.75, 3.05) is 18.5 Å². The molecule has 53 heavy (non-hydrogen) atoms. The third kappa shape index (κ3) is 16.1. The highest BCUT2D eigenvalue weighted by Crippen LogP contribution is 2.22. The molecule has 1 atom stereocenters. The smallest absolute Gasteiger partial charge is 0.413 e. The maximum Gasteiger partial charge on any atom is 0.413 e. The number of carboxylic acids is 1. The zero-order valence-corrected chi connectivity index (χ0v) is 32.1. The molecule has 0 aliphatic rings. The van der Waals surface area contributed by atoms with Crippen LogP contribution >= 0.6 is 11.3 Å². The molecule has 0 spiro atoms. The highest BCUT2D eigenvalue weighted by molar-refractivity contribution is 7.14. The van der Waals surface area contributed by atoms with Crippen molar-refractivity contribution in [1.82, 2.24) is 15.3 Å². The van der Waals surface area contributed by atoms with Gasteiger partial charge < -0.3 is 38.9 Å². The van der Waals surface area contributed by atoms with Gasteiger partial charge in [-0.1, -0.05) is 5.16 Å². The van der Waals surface area contributed by atoms with E-state index in [1.54, 1.807) is 86.6 Å². The van der Waals surface area contributed by atoms with Gasteiger partial charge in [-0.3, -0.25) is 5.32 Å². The third-order valence-electron chi connectivity index (χ3n) is 5.95. The third-order valence-corrected chi connectivity index (χ3v) is 6.71. The summed E-state index contributed by atoms with van der Waals surface area (Å²) in [6.07, 6.45) is 3.04. The van der Waals surface area contributed by atoms with Crippen molar-refractivity contribution in [3.8, 4) is 17.4 Å². The maximum absolute atomic E-state index is 13.0. The molecule has 17 nitrogen and oxygen atoms in total. The normalized spacial score (nSPS) is 12.6. The highest BCUT2D eigenvalue weighted by atomic mass is 32.1. The number of thiazole rings is 1. The van der Waals surface area contributed by atoms with Crippen LogP contribution in [-0.4, -0.2) is 81.0 Å². The van der Waals surface area contributed by atoms with Crippen LogP contribution in [0.2, 0.25) is 0 Å². The molecule has 3 rings (SSSR count). The molecule has 3 aromatic rings. The van der Waals surface area contributed by atoms with E-state index in [2.05, 4.69) is 25.8 Å². The minimum absolute atomic E-state index is 0.0626. The predicted molar refractivity (Wildman–Crippen MR) is 192 cm³/mol. The van der Waals surface area contributed by atoms with E-state index in [1.165, 1.54) is 11.6 Å². The molecular formula is C35H47N6O11S+. The zero-order chi connectivity index (χ0) is 39.4. The van der Waals surface area contributed by atoms with Crippen LogP contribution in [0.5, 0.6) is 17.4 Å². The number of nitrogens with zero attached hydrogens (tertiary/aromatic N) is 4. The van der Waals surface area contributed by atoms with Crippen molar-refractivity contribution in [3.05, 3.63) is 53.9 Å². The topological polar surface area (TPSA) is 210 Å². The number of nitrogens with one attached hydrogen (secondary N) is 2. The van der Waals surface area contributed by atoms with Gasteiger partial charge in [0, 0.05) is 36.5 Å². The molecule has 0 aliphatic heterocycles. The molecule has 1 unspecified atom stereocenters. The first-order chi connectivity index (χ1) is 24.7. The second kappa shape index (κ2) is 18.3. The average molecular weight is 760 g/mol. The number of hydrogen-bond acceptors (Lipinski definition) is 14. The van der Waals surface area contributed by atoms with Gasteiger partial charge >= 0.3 is 24.1 Å². The second-order valence-corrected chi connectivity index (χ2v) is 15.2. The Bertz CT molecular complexity index is 1720. The molecule has 0 aliphatic carbocycles. The number of pyridine rings is 2. The number of carbonyl (C=O) groups is 4. The Kier molecular flexibility index (Phi) is 14.5. The summed E-state index contributed by atoms with van der Waals surface area (Å²) in [7, 11) is 0. The van der Waals surface area contributed by atoms with Crippen LogP contribution in [-0.2, 0) is 35.2 Å². The molecule has 0 aromatic carbocycles. The number of ether oxygens (including phenoxy) is 5. The summed E-state index contributed by atoms with van der Waals surface area (Å²) in [6, 6.07) is 6.67. The zero-order valence-electron chi connectivity index (χ0n) is 31.3. The van der Waals surface area contributed by atoms with Crippen molar-refractivity contribution in [1.29, 1.82) is 0 Å². The molecule has 0 saturated heterocycles. The first-order valence-corrected chi connectivity index (χ1v) is 17.4. The summed E-state index contributed by atoms with van der Waals surface area (Å²) in [4.78, 5) is 62.6. The number of aliphatic carboxylic acids is 1. The van der Waals surface area contributed by atoms with Crippen LogP contribution in [0.25, 0.3) is 0 Å². The lowest BCUT2D eigenvalue weighted by Crippen LogP contribution is -2.37. The molecular weight excluding hydrogens is 712 g/mol. The number of esters is 1. The number of amides is 2. The van der Waals surface area contributed by atoms with Crippen LogP contribution in [0.4, 0.5) is 14.7 Å². The SMILES string of the molecule is CC(C)(C)OC(=O)NCCC[n+]1ccc(Oc2ccc(OCC(ON=C(C(=O)O)c3csc(NC(=O)OC(C)(C)C)n3)C(=O)OC(C)(C)C)cn2)cc1. The summed E-state index contributed by atoms with van der Waals surface area (Å²) < 4.78 is 29.3. The predicted octanol–water partition coefficient (Wildman–Crippen LogP) is 5.47. The van der Waals surface area contributed by atoms with Gasteiger partial charge in [-0.05, 0) is 68.4 Å². The summed E-state index contributed by atoms with van der Waals surface area (Å²) in [6.45, 7) is 16.2. The number of rotatable bonds is 15. The van der Waals surface area contributed by atoms with Crippen LogP contribution in [0.1, 0.15) is 74.4 Å². The number of aryl methyl sites for hydroxylation is 1. The molecule has 3 aromatic heterocycles. The van der Waals surface area contributed by atoms with Gasteiger partial charge in [-0.15, -0.1) is 11.3 Å². The van der Waals surface area contributed by atoms with Gasteiger partial charge in [0.1, 0.15) is 47.1 Å². The molecule has 288 valence electrons. The van der Waals surface area contributed by atoms with Gasteiger partial charge in [0.05, 0.1) is 6.20 Å². The van der Waals surface area contributed by atoms with Crippen molar-refractivity contribution >= 4 is 46.3 Å². The van der Waals surface area contributed by atoms with Gasteiger partial charge in [-0.25, -0.2) is 33.7 Å². The summed E-state index contributed by atoms with van der Waals surface area (Å²) in [5, 5.41) is 20.1. The molecule has 3 heterocycles. The number of aromatic nitrogens is 3. The number of alkyl carbamates (subject to hydrolysis) is 1. The summed E-state index contributed by atoms with van der Waals surface area (Å²) in [5.74, 6) is -1.29. The van der Waals surface area contributed by atoms with Gasteiger partial charge in [0.15, 0.2) is 17.5 Å². The Morgan fingerprint density at radius 1 is 0.887 bits per heavy atom. The number of carbonyl (C=O) groups excluding carboxylic acids is 3. The number of oxime groups is 1. The minimum Gasteiger partial charge on any atom is -0.487 e. The monoisotopic (exact) mass is 759 g/mol. The Morgan fingerprint density at radius 2 is 1.53 bits per heavy atom. The lowest BCUT2D eigenvalue weighted by Gasteiger charge is -2.23. The van der Waals surface area contributed by atoms with E-state index in [4.69, 9.17) is 28.5 Å². The molecule has 2 amide bonds. The van der Waals surface area contributed by atoms with Crippen molar-refractivity contribution in [3.63, 3.8) is 0 Å². The van der Waals surface area contributed by atoms with Crippen molar-refractivity contribution < 1.29 is 57.4 Å². The van der Waals surface area contributed by atoms with E-state index in [9.17, 15) is 24.3 Å². The molecule has 0 bridgehead atoms. The number of carboxylic acid groups (broad SMARTS) is 1. The van der Waals surface area contributed by atoms with E-state index in [1.807, 2.05) is 17.0 Å². The summed E-state index contributed by atoms with van der Waals surface area (Å²) in [5.41, 5.74) is -2.96. The molecule has 3 N–H and O–H groups in total.